The van der Waals surface area contributed by atoms with E-state index in [1.165, 1.54) is 32.0 Å². The van der Waals surface area contributed by atoms with E-state index in [1.807, 2.05) is 0 Å². The highest BCUT2D eigenvalue weighted by Gasteiger charge is 2.18. The smallest absolute Gasteiger partial charge is 0.325 e. The second kappa shape index (κ2) is 7.71. The van der Waals surface area contributed by atoms with Crippen molar-refractivity contribution in [3.8, 4) is 11.5 Å². The zero-order valence-corrected chi connectivity index (χ0v) is 17.1. The molecule has 0 unspecified atom stereocenters. The maximum Gasteiger partial charge on any atom is 0.325 e. The van der Waals surface area contributed by atoms with E-state index in [-0.39, 0.29) is 15.6 Å². The van der Waals surface area contributed by atoms with Gasteiger partial charge >= 0.3 is 5.97 Å². The molecule has 3 rings (SSSR count). The molecule has 0 atom stereocenters. The van der Waals surface area contributed by atoms with Gasteiger partial charge in [-0.1, -0.05) is 17.4 Å². The largest absolute Gasteiger partial charge is 0.493 e. The molecule has 8 nitrogen and oxygen atoms in total. The van der Waals surface area contributed by atoms with Crippen molar-refractivity contribution < 1.29 is 27.4 Å². The van der Waals surface area contributed by atoms with Gasteiger partial charge in [-0.3, -0.25) is 4.79 Å². The van der Waals surface area contributed by atoms with E-state index in [1.54, 1.807) is 23.6 Å². The van der Waals surface area contributed by atoms with Crippen molar-refractivity contribution >= 4 is 48.9 Å². The fraction of sp³-hybridized carbons (Fsp3) is 0.250. The fourth-order valence-corrected chi connectivity index (χ4v) is 5.58. The first-order valence-electron chi connectivity index (χ1n) is 7.56. The Morgan fingerprint density at radius 2 is 1.89 bits per heavy atom. The van der Waals surface area contributed by atoms with Crippen LogP contribution in [0.2, 0.25) is 0 Å². The molecule has 0 N–H and O–H groups in total. The van der Waals surface area contributed by atoms with Gasteiger partial charge in [-0.25, -0.2) is 0 Å². The number of hydrogen-bond donors (Lipinski definition) is 0. The number of thiazole rings is 1. The molecule has 0 aliphatic rings. The Balaban J connectivity index is 2.29. The Morgan fingerprint density at radius 3 is 2.48 bits per heavy atom. The van der Waals surface area contributed by atoms with Crippen LogP contribution in [0.25, 0.3) is 10.2 Å². The molecule has 0 saturated carbocycles. The average molecular weight is 429 g/mol. The van der Waals surface area contributed by atoms with Crippen LogP contribution in [0.1, 0.15) is 0 Å². The zero-order valence-electron chi connectivity index (χ0n) is 14.7. The van der Waals surface area contributed by atoms with Gasteiger partial charge in [-0.15, -0.1) is 15.7 Å². The van der Waals surface area contributed by atoms with Crippen molar-refractivity contribution in [1.29, 1.82) is 0 Å². The molecule has 11 heteroatoms. The number of fused-ring (bicyclic) bond motifs is 1. The molecule has 1 aromatic carbocycles. The van der Waals surface area contributed by atoms with Gasteiger partial charge in [-0.05, 0) is 11.4 Å². The summed E-state index contributed by atoms with van der Waals surface area (Å²) >= 11 is 2.20. The first kappa shape index (κ1) is 19.4. The van der Waals surface area contributed by atoms with Crippen LogP contribution in [-0.2, 0) is 26.1 Å². The number of hydrogen-bond acceptors (Lipinski definition) is 8. The molecular weight excluding hydrogens is 412 g/mol. The van der Waals surface area contributed by atoms with Crippen molar-refractivity contribution in [2.75, 3.05) is 21.3 Å². The van der Waals surface area contributed by atoms with Crippen LogP contribution in [0, 0.1) is 0 Å². The maximum absolute atomic E-state index is 12.6. The van der Waals surface area contributed by atoms with Crippen LogP contribution in [0.4, 0.5) is 0 Å². The minimum Gasteiger partial charge on any atom is -0.493 e. The Kier molecular flexibility index (Phi) is 5.53. The maximum atomic E-state index is 12.6. The van der Waals surface area contributed by atoms with E-state index in [2.05, 4.69) is 4.40 Å². The number of rotatable bonds is 6. The molecule has 27 heavy (non-hydrogen) atoms. The van der Waals surface area contributed by atoms with Gasteiger partial charge in [-0.2, -0.15) is 8.42 Å². The normalized spacial score (nSPS) is 12.3. The van der Waals surface area contributed by atoms with Crippen LogP contribution in [0.3, 0.4) is 0 Å². The van der Waals surface area contributed by atoms with Crippen molar-refractivity contribution in [3.05, 3.63) is 34.4 Å². The number of esters is 1. The van der Waals surface area contributed by atoms with Gasteiger partial charge < -0.3 is 18.8 Å². The summed E-state index contributed by atoms with van der Waals surface area (Å²) in [6, 6.07) is 6.50. The summed E-state index contributed by atoms with van der Waals surface area (Å²) in [6.45, 7) is -0.190. The Labute approximate surface area is 163 Å². The molecular formula is C16H16N2O6S3. The molecule has 3 aromatic rings. The Hall–Kier alpha value is -2.37. The summed E-state index contributed by atoms with van der Waals surface area (Å²) in [5.74, 6) is 0.415. The minimum atomic E-state index is -3.90. The van der Waals surface area contributed by atoms with Gasteiger partial charge in [0, 0.05) is 12.1 Å². The first-order chi connectivity index (χ1) is 12.9. The third-order valence-corrected chi connectivity index (χ3v) is 7.45. The van der Waals surface area contributed by atoms with Gasteiger partial charge in [0.2, 0.25) is 4.80 Å². The number of aromatic nitrogens is 1. The van der Waals surface area contributed by atoms with Gasteiger partial charge in [0.1, 0.15) is 10.8 Å². The Morgan fingerprint density at radius 1 is 1.19 bits per heavy atom. The van der Waals surface area contributed by atoms with E-state index in [4.69, 9.17) is 14.2 Å². The first-order valence-corrected chi connectivity index (χ1v) is 10.7. The van der Waals surface area contributed by atoms with Crippen LogP contribution in [-0.4, -0.2) is 40.3 Å². The summed E-state index contributed by atoms with van der Waals surface area (Å²) in [7, 11) is 0.368. The summed E-state index contributed by atoms with van der Waals surface area (Å²) in [5.41, 5.74) is 0.586. The van der Waals surface area contributed by atoms with Crippen molar-refractivity contribution in [1.82, 2.24) is 4.57 Å². The standard InChI is InChI=1S/C16H16N2O6S3/c1-22-11-7-10-13(8-12(11)23-2)26-16(18(10)9-14(19)24-3)17-27(20,21)15-5-4-6-25-15/h4-8H,9H2,1-3H3. The predicted molar refractivity (Wildman–Crippen MR) is 102 cm³/mol. The molecule has 0 fully saturated rings. The average Bonchev–Trinajstić information content (AvgIpc) is 3.29. The molecule has 0 aliphatic heterocycles. The lowest BCUT2D eigenvalue weighted by Crippen LogP contribution is -2.22. The highest BCUT2D eigenvalue weighted by Crippen LogP contribution is 2.33. The molecule has 2 heterocycles. The molecule has 2 aromatic heterocycles. The summed E-state index contributed by atoms with van der Waals surface area (Å²) in [6.07, 6.45) is 0. The number of nitrogens with zero attached hydrogens (tertiary/aromatic N) is 2. The van der Waals surface area contributed by atoms with Gasteiger partial charge in [0.05, 0.1) is 31.5 Å². The number of methoxy groups -OCH3 is 3. The summed E-state index contributed by atoms with van der Waals surface area (Å²) in [5, 5.41) is 1.66. The second-order valence-corrected chi connectivity index (χ2v) is 9.01. The van der Waals surface area contributed by atoms with Gasteiger partial charge in [0.25, 0.3) is 10.0 Å². The van der Waals surface area contributed by atoms with Gasteiger partial charge in [0.15, 0.2) is 11.5 Å². The third kappa shape index (κ3) is 3.84. The number of carbonyl (C=O) groups is 1. The molecule has 0 amide bonds. The lowest BCUT2D eigenvalue weighted by molar-refractivity contribution is -0.141. The molecule has 0 bridgehead atoms. The van der Waals surface area contributed by atoms with E-state index in [9.17, 15) is 13.2 Å². The third-order valence-electron chi connectivity index (χ3n) is 3.65. The highest BCUT2D eigenvalue weighted by molar-refractivity contribution is 7.92. The van der Waals surface area contributed by atoms with E-state index < -0.39 is 16.0 Å². The second-order valence-electron chi connectivity index (χ2n) is 5.22. The lowest BCUT2D eigenvalue weighted by Gasteiger charge is -2.09. The number of carbonyl (C=O) groups excluding carboxylic acids is 1. The number of sulfonamides is 1. The quantitative estimate of drug-likeness (QED) is 0.559. The summed E-state index contributed by atoms with van der Waals surface area (Å²) in [4.78, 5) is 12.0. The van der Waals surface area contributed by atoms with Crippen LogP contribution >= 0.6 is 22.7 Å². The minimum absolute atomic E-state index is 0.125. The molecule has 144 valence electrons. The predicted octanol–water partition coefficient (Wildman–Crippen LogP) is 2.24. The molecule has 0 radical (unpaired) electrons. The number of thiophene rings is 1. The van der Waals surface area contributed by atoms with Crippen LogP contribution in [0.5, 0.6) is 11.5 Å². The van der Waals surface area contributed by atoms with Crippen LogP contribution in [0.15, 0.2) is 38.3 Å². The van der Waals surface area contributed by atoms with E-state index >= 15 is 0 Å². The molecule has 0 saturated heterocycles. The zero-order chi connectivity index (χ0) is 19.6. The topological polar surface area (TPSA) is 96.2 Å². The Bertz CT molecular complexity index is 1140. The monoisotopic (exact) mass is 428 g/mol. The summed E-state index contributed by atoms with van der Waals surface area (Å²) < 4.78 is 46.7. The van der Waals surface area contributed by atoms with E-state index in [0.29, 0.717) is 21.7 Å². The van der Waals surface area contributed by atoms with Crippen molar-refractivity contribution in [3.63, 3.8) is 0 Å². The van der Waals surface area contributed by atoms with Crippen LogP contribution < -0.4 is 14.3 Å². The molecule has 0 spiro atoms. The molecule has 0 aliphatic carbocycles. The SMILES string of the molecule is COC(=O)Cn1c(=NS(=O)(=O)c2cccs2)sc2cc(OC)c(OC)cc21. The van der Waals surface area contributed by atoms with Crippen molar-refractivity contribution in [2.24, 2.45) is 4.40 Å². The number of ether oxygens (including phenoxy) is 3. The van der Waals surface area contributed by atoms with Crippen molar-refractivity contribution in [2.45, 2.75) is 10.8 Å². The lowest BCUT2D eigenvalue weighted by atomic mass is 10.3. The highest BCUT2D eigenvalue weighted by atomic mass is 32.2. The fourth-order valence-electron chi connectivity index (χ4n) is 2.37. The van der Waals surface area contributed by atoms with E-state index in [0.717, 1.165) is 22.7 Å². The number of benzene rings is 1.